The molecular weight excluding hydrogens is 488 g/mol. The number of thiazole rings is 1. The maximum atomic E-state index is 11.2. The molecule has 0 atom stereocenters. The number of benzene rings is 3. The molecule has 34 heavy (non-hydrogen) atoms. The Hall–Kier alpha value is -2.59. The van der Waals surface area contributed by atoms with Gasteiger partial charge in [0.25, 0.3) is 5.01 Å². The molecule has 4 aromatic rings. The van der Waals surface area contributed by atoms with Crippen LogP contribution < -0.4 is 14.2 Å². The number of thioether (sulfide) groups is 1. The lowest BCUT2D eigenvalue weighted by Gasteiger charge is -2.21. The van der Waals surface area contributed by atoms with Crippen LogP contribution in [0.1, 0.15) is 18.4 Å². The van der Waals surface area contributed by atoms with Crippen molar-refractivity contribution in [3.8, 4) is 5.75 Å². The standard InChI is InChI=1S/C25H24N2O4S3/c1-3-26-23(33-22-11-9-17-7-4-5-8-19(17)25(22)26)16-24-27(13-6-14-34(28,29)30)20-15-18(31-2)10-12-21(20)32-24/h4-5,7-12,15-16H,3,6,13-14H2,1-2H3. The summed E-state index contributed by atoms with van der Waals surface area (Å²) >= 11 is 3.39. The molecule has 1 aromatic heterocycles. The monoisotopic (exact) mass is 512 g/mol. The molecule has 2 heterocycles. The number of methoxy groups -OCH3 is 1. The van der Waals surface area contributed by atoms with Crippen LogP contribution in [0.2, 0.25) is 0 Å². The summed E-state index contributed by atoms with van der Waals surface area (Å²) in [5.74, 6) is 0.351. The molecule has 1 aliphatic rings. The van der Waals surface area contributed by atoms with Crippen LogP contribution in [0, 0.1) is 0 Å². The number of anilines is 1. The highest BCUT2D eigenvalue weighted by Gasteiger charge is 2.28. The number of hydrogen-bond acceptors (Lipinski definition) is 7. The molecule has 0 spiro atoms. The molecular formula is C25H24N2O4S3. The molecule has 3 aromatic carbocycles. The molecule has 1 aliphatic heterocycles. The fourth-order valence-corrected chi connectivity index (χ4v) is 7.19. The van der Waals surface area contributed by atoms with Gasteiger partial charge in [-0.1, -0.05) is 47.4 Å². The van der Waals surface area contributed by atoms with Gasteiger partial charge in [0.05, 0.1) is 39.4 Å². The van der Waals surface area contributed by atoms with Crippen molar-refractivity contribution in [2.45, 2.75) is 24.8 Å². The smallest absolute Gasteiger partial charge is 0.265 e. The summed E-state index contributed by atoms with van der Waals surface area (Å²) in [7, 11) is -2.64. The summed E-state index contributed by atoms with van der Waals surface area (Å²) in [6.07, 6.45) is 2.43. The van der Waals surface area contributed by atoms with Crippen molar-refractivity contribution in [2.24, 2.45) is 0 Å². The molecule has 0 amide bonds. The Morgan fingerprint density at radius 2 is 1.97 bits per heavy atom. The van der Waals surface area contributed by atoms with Gasteiger partial charge in [-0.05, 0) is 43.0 Å². The number of fused-ring (bicyclic) bond motifs is 4. The van der Waals surface area contributed by atoms with Crippen LogP contribution in [0.3, 0.4) is 0 Å². The normalized spacial score (nSPS) is 14.9. The second-order valence-corrected chi connectivity index (χ2v) is 11.7. The van der Waals surface area contributed by atoms with Crippen molar-refractivity contribution in [1.82, 2.24) is 0 Å². The van der Waals surface area contributed by atoms with E-state index < -0.39 is 10.1 Å². The van der Waals surface area contributed by atoms with E-state index in [9.17, 15) is 13.0 Å². The minimum absolute atomic E-state index is 0.255. The van der Waals surface area contributed by atoms with Crippen LogP contribution in [-0.4, -0.2) is 32.4 Å². The summed E-state index contributed by atoms with van der Waals surface area (Å²) in [5.41, 5.74) is 2.19. The number of hydrogen-bond donors (Lipinski definition) is 0. The van der Waals surface area contributed by atoms with Crippen molar-refractivity contribution in [1.29, 1.82) is 0 Å². The minimum atomic E-state index is -4.26. The van der Waals surface area contributed by atoms with Crippen LogP contribution in [0.25, 0.3) is 27.1 Å². The van der Waals surface area contributed by atoms with Crippen LogP contribution in [0.15, 0.2) is 64.5 Å². The Morgan fingerprint density at radius 1 is 1.15 bits per heavy atom. The summed E-state index contributed by atoms with van der Waals surface area (Å²) in [6, 6.07) is 18.7. The predicted octanol–water partition coefficient (Wildman–Crippen LogP) is 5.22. The van der Waals surface area contributed by atoms with Crippen molar-refractivity contribution in [3.05, 3.63) is 64.6 Å². The van der Waals surface area contributed by atoms with Gasteiger partial charge in [0.15, 0.2) is 0 Å². The molecule has 0 bridgehead atoms. The molecule has 0 aliphatic carbocycles. The predicted molar refractivity (Wildman–Crippen MR) is 139 cm³/mol. The lowest BCUT2D eigenvalue weighted by molar-refractivity contribution is -0.664. The molecule has 5 rings (SSSR count). The van der Waals surface area contributed by atoms with Crippen LogP contribution in [0.5, 0.6) is 5.75 Å². The molecule has 0 saturated carbocycles. The van der Waals surface area contributed by atoms with Crippen molar-refractivity contribution in [3.63, 3.8) is 0 Å². The highest BCUT2D eigenvalue weighted by molar-refractivity contribution is 8.03. The molecule has 0 unspecified atom stereocenters. The summed E-state index contributed by atoms with van der Waals surface area (Å²) < 4.78 is 42.6. The number of nitrogens with zero attached hydrogens (tertiary/aromatic N) is 2. The highest BCUT2D eigenvalue weighted by atomic mass is 32.2. The van der Waals surface area contributed by atoms with Crippen LogP contribution in [0.4, 0.5) is 5.69 Å². The molecule has 176 valence electrons. The maximum Gasteiger partial charge on any atom is 0.265 e. The number of rotatable bonds is 7. The first kappa shape index (κ1) is 23.2. The van der Waals surface area contributed by atoms with E-state index >= 15 is 0 Å². The fourth-order valence-electron chi connectivity index (χ4n) is 4.35. The number of ether oxygens (including phenoxy) is 1. The van der Waals surface area contributed by atoms with Crippen molar-refractivity contribution >= 4 is 66.0 Å². The zero-order chi connectivity index (χ0) is 23.9. The second-order valence-electron chi connectivity index (χ2n) is 8.00. The van der Waals surface area contributed by atoms with Gasteiger partial charge in [-0.2, -0.15) is 4.57 Å². The van der Waals surface area contributed by atoms with Gasteiger partial charge in [0.2, 0.25) is 5.52 Å². The molecule has 0 N–H and O–H groups in total. The average molecular weight is 513 g/mol. The van der Waals surface area contributed by atoms with Crippen LogP contribution in [-0.2, 0) is 16.7 Å². The van der Waals surface area contributed by atoms with Crippen molar-refractivity contribution in [2.75, 3.05) is 24.3 Å². The van der Waals surface area contributed by atoms with Gasteiger partial charge >= 0.3 is 0 Å². The van der Waals surface area contributed by atoms with Gasteiger partial charge < -0.3 is 14.2 Å². The summed E-state index contributed by atoms with van der Waals surface area (Å²) in [4.78, 5) is 3.17. The Balaban J connectivity index is 1.60. The topological polar surface area (TPSA) is 73.5 Å². The van der Waals surface area contributed by atoms with E-state index in [4.69, 9.17) is 4.74 Å². The van der Waals surface area contributed by atoms with E-state index in [-0.39, 0.29) is 12.2 Å². The molecule has 0 fully saturated rings. The molecule has 6 nitrogen and oxygen atoms in total. The third-order valence-electron chi connectivity index (χ3n) is 5.89. The Bertz CT molecular complexity index is 1530. The van der Waals surface area contributed by atoms with E-state index in [1.54, 1.807) is 30.2 Å². The average Bonchev–Trinajstić information content (AvgIpc) is 3.35. The lowest BCUT2D eigenvalue weighted by atomic mass is 10.1. The van der Waals surface area contributed by atoms with Gasteiger partial charge in [-0.25, -0.2) is 8.42 Å². The first-order valence-corrected chi connectivity index (χ1v) is 14.2. The molecule has 0 radical (unpaired) electrons. The maximum absolute atomic E-state index is 11.2. The minimum Gasteiger partial charge on any atom is -0.748 e. The molecule has 9 heteroatoms. The lowest BCUT2D eigenvalue weighted by Crippen LogP contribution is -2.34. The van der Waals surface area contributed by atoms with Gasteiger partial charge in [-0.3, -0.25) is 0 Å². The van der Waals surface area contributed by atoms with E-state index in [2.05, 4.69) is 58.9 Å². The van der Waals surface area contributed by atoms with Gasteiger partial charge in [0, 0.05) is 23.3 Å². The first-order valence-electron chi connectivity index (χ1n) is 11.0. The zero-order valence-electron chi connectivity index (χ0n) is 18.9. The first-order chi connectivity index (χ1) is 16.4. The van der Waals surface area contributed by atoms with E-state index in [1.807, 2.05) is 18.2 Å². The van der Waals surface area contributed by atoms with Gasteiger partial charge in [0.1, 0.15) is 17.0 Å². The van der Waals surface area contributed by atoms with E-state index in [0.717, 1.165) is 32.9 Å². The SMILES string of the molecule is CC[n+]1c(/C=C2\Sc3ccc(OC)cc3N2CCCS(=O)(=O)[O-])sc2ccc3ccccc3c21. The second kappa shape index (κ2) is 9.22. The Morgan fingerprint density at radius 3 is 2.74 bits per heavy atom. The fraction of sp³-hybridized carbons (Fsp3) is 0.240. The number of aromatic nitrogens is 1. The quantitative estimate of drug-likeness (QED) is 0.250. The van der Waals surface area contributed by atoms with E-state index in [0.29, 0.717) is 6.54 Å². The number of aryl methyl sites for hydroxylation is 1. The Kier molecular flexibility index (Phi) is 6.28. The summed E-state index contributed by atoms with van der Waals surface area (Å²) in [5, 5.41) is 4.57. The third kappa shape index (κ3) is 4.40. The molecule has 0 saturated heterocycles. The van der Waals surface area contributed by atoms with Crippen molar-refractivity contribution < 1.29 is 22.3 Å². The largest absolute Gasteiger partial charge is 0.748 e. The highest BCUT2D eigenvalue weighted by Crippen LogP contribution is 2.48. The van der Waals surface area contributed by atoms with Gasteiger partial charge in [-0.15, -0.1) is 0 Å². The summed E-state index contributed by atoms with van der Waals surface area (Å²) in [6.45, 7) is 3.40. The van der Waals surface area contributed by atoms with Crippen LogP contribution >= 0.6 is 23.1 Å². The Labute approximate surface area is 207 Å². The zero-order valence-corrected chi connectivity index (χ0v) is 21.3. The third-order valence-corrected chi connectivity index (χ3v) is 8.89. The van der Waals surface area contributed by atoms with E-state index in [1.165, 1.54) is 21.0 Å².